The van der Waals surface area contributed by atoms with Crippen molar-refractivity contribution in [3.8, 4) is 16.9 Å². The zero-order valence-electron chi connectivity index (χ0n) is 17.8. The van der Waals surface area contributed by atoms with Crippen molar-refractivity contribution in [3.05, 3.63) is 101 Å². The van der Waals surface area contributed by atoms with Gasteiger partial charge in [-0.15, -0.1) is 0 Å². The first-order chi connectivity index (χ1) is 15.0. The molecule has 0 fully saturated rings. The lowest BCUT2D eigenvalue weighted by Crippen LogP contribution is -2.25. The fraction of sp³-hybridized carbons (Fsp3) is 0.154. The second kappa shape index (κ2) is 8.88. The van der Waals surface area contributed by atoms with E-state index in [1.165, 1.54) is 16.7 Å². The molecule has 0 bridgehead atoms. The summed E-state index contributed by atoms with van der Waals surface area (Å²) >= 11 is 0. The largest absolute Gasteiger partial charge is 0.384 e. The van der Waals surface area contributed by atoms with Crippen LogP contribution in [0.25, 0.3) is 16.9 Å². The van der Waals surface area contributed by atoms with Crippen molar-refractivity contribution in [1.29, 1.82) is 0 Å². The summed E-state index contributed by atoms with van der Waals surface area (Å²) in [6.45, 7) is 4.71. The Hall–Kier alpha value is -3.86. The summed E-state index contributed by atoms with van der Waals surface area (Å²) in [5.74, 6) is 0.458. The number of hydrogen-bond acceptors (Lipinski definition) is 3. The quantitative estimate of drug-likeness (QED) is 0.483. The molecule has 4 rings (SSSR count). The maximum Gasteiger partial charge on any atom is 0.251 e. The molecule has 0 aliphatic carbocycles. The van der Waals surface area contributed by atoms with Crippen molar-refractivity contribution >= 4 is 11.7 Å². The molecule has 156 valence electrons. The third kappa shape index (κ3) is 4.83. The maximum atomic E-state index is 12.5. The fourth-order valence-corrected chi connectivity index (χ4v) is 3.48. The van der Waals surface area contributed by atoms with E-state index < -0.39 is 0 Å². The Bertz CT molecular complexity index is 1190. The van der Waals surface area contributed by atoms with Gasteiger partial charge in [-0.05, 0) is 56.2 Å². The predicted molar refractivity (Wildman–Crippen MR) is 125 cm³/mol. The van der Waals surface area contributed by atoms with Gasteiger partial charge < -0.3 is 11.1 Å². The summed E-state index contributed by atoms with van der Waals surface area (Å²) < 4.78 is 1.69. The van der Waals surface area contributed by atoms with E-state index in [9.17, 15) is 4.79 Å². The molecule has 5 heteroatoms. The number of nitrogens with one attached hydrogen (secondary N) is 1. The van der Waals surface area contributed by atoms with E-state index in [0.717, 1.165) is 23.4 Å². The van der Waals surface area contributed by atoms with Gasteiger partial charge in [-0.1, -0.05) is 53.6 Å². The fourth-order valence-electron chi connectivity index (χ4n) is 3.48. The van der Waals surface area contributed by atoms with E-state index >= 15 is 0 Å². The van der Waals surface area contributed by atoms with Crippen LogP contribution in [0.15, 0.2) is 78.9 Å². The first-order valence-corrected chi connectivity index (χ1v) is 10.4. The number of aromatic nitrogens is 2. The van der Waals surface area contributed by atoms with Gasteiger partial charge in [0.25, 0.3) is 5.91 Å². The highest BCUT2D eigenvalue weighted by Gasteiger charge is 2.11. The number of nitrogens with two attached hydrogens (primary N) is 1. The molecule has 0 atom stereocenters. The van der Waals surface area contributed by atoms with Gasteiger partial charge in [-0.2, -0.15) is 5.10 Å². The van der Waals surface area contributed by atoms with E-state index in [1.807, 2.05) is 30.3 Å². The Morgan fingerprint density at radius 3 is 2.39 bits per heavy atom. The van der Waals surface area contributed by atoms with Crippen LogP contribution < -0.4 is 11.1 Å². The van der Waals surface area contributed by atoms with Gasteiger partial charge in [-0.25, -0.2) is 4.68 Å². The first-order valence-electron chi connectivity index (χ1n) is 10.4. The van der Waals surface area contributed by atoms with Crippen LogP contribution in [0.1, 0.15) is 27.0 Å². The van der Waals surface area contributed by atoms with Gasteiger partial charge in [0.2, 0.25) is 0 Å². The topological polar surface area (TPSA) is 72.9 Å². The molecule has 1 amide bonds. The summed E-state index contributed by atoms with van der Waals surface area (Å²) in [6, 6.07) is 25.7. The lowest BCUT2D eigenvalue weighted by atomic mass is 10.1. The van der Waals surface area contributed by atoms with Gasteiger partial charge in [0, 0.05) is 23.7 Å². The van der Waals surface area contributed by atoms with Crippen LogP contribution in [-0.2, 0) is 6.42 Å². The van der Waals surface area contributed by atoms with Crippen LogP contribution >= 0.6 is 0 Å². The number of amides is 1. The van der Waals surface area contributed by atoms with Crippen molar-refractivity contribution < 1.29 is 4.79 Å². The minimum absolute atomic E-state index is 0.0902. The van der Waals surface area contributed by atoms with Crippen LogP contribution in [0.4, 0.5) is 5.82 Å². The summed E-state index contributed by atoms with van der Waals surface area (Å²) in [7, 11) is 0. The molecular weight excluding hydrogens is 384 g/mol. The number of rotatable bonds is 6. The average Bonchev–Trinajstić information content (AvgIpc) is 3.17. The Balaban J connectivity index is 1.42. The van der Waals surface area contributed by atoms with E-state index in [1.54, 1.807) is 16.8 Å². The first kappa shape index (κ1) is 20.4. The summed E-state index contributed by atoms with van der Waals surface area (Å²) in [5.41, 5.74) is 13.1. The Labute approximate surface area is 182 Å². The van der Waals surface area contributed by atoms with E-state index in [0.29, 0.717) is 17.9 Å². The number of aryl methyl sites for hydroxylation is 2. The van der Waals surface area contributed by atoms with Gasteiger partial charge in [-0.3, -0.25) is 4.79 Å². The Morgan fingerprint density at radius 1 is 0.935 bits per heavy atom. The summed E-state index contributed by atoms with van der Waals surface area (Å²) in [4.78, 5) is 12.5. The van der Waals surface area contributed by atoms with Crippen LogP contribution in [-0.4, -0.2) is 22.2 Å². The second-order valence-electron chi connectivity index (χ2n) is 7.77. The van der Waals surface area contributed by atoms with Gasteiger partial charge in [0.1, 0.15) is 5.82 Å². The molecule has 1 aromatic heterocycles. The van der Waals surface area contributed by atoms with E-state index in [4.69, 9.17) is 5.73 Å². The smallest absolute Gasteiger partial charge is 0.251 e. The lowest BCUT2D eigenvalue weighted by molar-refractivity contribution is 0.0954. The summed E-state index contributed by atoms with van der Waals surface area (Å²) in [5, 5.41) is 7.62. The Morgan fingerprint density at radius 2 is 1.68 bits per heavy atom. The monoisotopic (exact) mass is 410 g/mol. The zero-order valence-corrected chi connectivity index (χ0v) is 17.8. The molecular formula is C26H26N4O. The standard InChI is InChI=1S/C26H26N4O/c1-18-6-8-20(9-7-18)14-15-28-26(31)21-10-12-23(13-11-21)30-25(27)17-24(29-30)22-5-3-4-19(2)16-22/h3-13,16-17H,14-15,27H2,1-2H3,(H,28,31). The van der Waals surface area contributed by atoms with Crippen molar-refractivity contribution in [2.45, 2.75) is 20.3 Å². The molecule has 0 radical (unpaired) electrons. The molecule has 0 saturated heterocycles. The van der Waals surface area contributed by atoms with Gasteiger partial charge in [0.05, 0.1) is 11.4 Å². The van der Waals surface area contributed by atoms with E-state index in [-0.39, 0.29) is 5.91 Å². The number of carbonyl (C=O) groups is 1. The number of anilines is 1. The number of nitrogen functional groups attached to an aromatic ring is 1. The summed E-state index contributed by atoms with van der Waals surface area (Å²) in [6.07, 6.45) is 0.801. The maximum absolute atomic E-state index is 12.5. The SMILES string of the molecule is Cc1ccc(CCNC(=O)c2ccc(-n3nc(-c4cccc(C)c4)cc3N)cc2)cc1. The molecule has 0 spiro atoms. The Kier molecular flexibility index (Phi) is 5.85. The molecule has 0 aliphatic rings. The van der Waals surface area contributed by atoms with E-state index in [2.05, 4.69) is 60.7 Å². The highest BCUT2D eigenvalue weighted by atomic mass is 16.1. The average molecular weight is 411 g/mol. The third-order valence-electron chi connectivity index (χ3n) is 5.24. The molecule has 1 heterocycles. The van der Waals surface area contributed by atoms with Crippen LogP contribution in [0, 0.1) is 13.8 Å². The molecule has 4 aromatic rings. The van der Waals surface area contributed by atoms with Crippen molar-refractivity contribution in [2.75, 3.05) is 12.3 Å². The van der Waals surface area contributed by atoms with Gasteiger partial charge in [0.15, 0.2) is 0 Å². The zero-order chi connectivity index (χ0) is 21.8. The number of carbonyl (C=O) groups excluding carboxylic acids is 1. The molecule has 5 nitrogen and oxygen atoms in total. The molecule has 3 N–H and O–H groups in total. The molecule has 3 aromatic carbocycles. The van der Waals surface area contributed by atoms with Crippen molar-refractivity contribution in [1.82, 2.24) is 15.1 Å². The number of nitrogens with zero attached hydrogens (tertiary/aromatic N) is 2. The van der Waals surface area contributed by atoms with Gasteiger partial charge >= 0.3 is 0 Å². The normalized spacial score (nSPS) is 10.8. The minimum atomic E-state index is -0.0902. The van der Waals surface area contributed by atoms with Crippen molar-refractivity contribution in [3.63, 3.8) is 0 Å². The van der Waals surface area contributed by atoms with Crippen molar-refractivity contribution in [2.24, 2.45) is 0 Å². The van der Waals surface area contributed by atoms with Crippen LogP contribution in [0.2, 0.25) is 0 Å². The molecule has 0 unspecified atom stereocenters. The highest BCUT2D eigenvalue weighted by molar-refractivity contribution is 5.94. The van der Waals surface area contributed by atoms with Crippen LogP contribution in [0.3, 0.4) is 0 Å². The molecule has 0 aliphatic heterocycles. The minimum Gasteiger partial charge on any atom is -0.384 e. The third-order valence-corrected chi connectivity index (χ3v) is 5.24. The predicted octanol–water partition coefficient (Wildman–Crippen LogP) is 4.71. The molecule has 31 heavy (non-hydrogen) atoms. The highest BCUT2D eigenvalue weighted by Crippen LogP contribution is 2.24. The lowest BCUT2D eigenvalue weighted by Gasteiger charge is -2.08. The number of benzene rings is 3. The number of hydrogen-bond donors (Lipinski definition) is 2. The van der Waals surface area contributed by atoms with Crippen LogP contribution in [0.5, 0.6) is 0 Å². The molecule has 0 saturated carbocycles. The second-order valence-corrected chi connectivity index (χ2v) is 7.77.